The second-order valence-electron chi connectivity index (χ2n) is 8.11. The molecule has 30 heavy (non-hydrogen) atoms. The zero-order valence-corrected chi connectivity index (χ0v) is 17.9. The summed E-state index contributed by atoms with van der Waals surface area (Å²) in [6, 6.07) is 0. The molecule has 2 fully saturated rings. The largest absolute Gasteiger partial charge is 0.481 e. The van der Waals surface area contributed by atoms with Crippen molar-refractivity contribution in [3.63, 3.8) is 0 Å². The lowest BCUT2D eigenvalue weighted by atomic mass is 9.77. The van der Waals surface area contributed by atoms with E-state index >= 15 is 0 Å². The van der Waals surface area contributed by atoms with Crippen molar-refractivity contribution < 1.29 is 29.0 Å². The molecule has 3 N–H and O–H groups in total. The van der Waals surface area contributed by atoms with Crippen LogP contribution in [-0.2, 0) is 19.1 Å². The highest BCUT2D eigenvalue weighted by atomic mass is 16.6. The molecule has 0 unspecified atom stereocenters. The third-order valence-corrected chi connectivity index (χ3v) is 5.84. The fourth-order valence-corrected chi connectivity index (χ4v) is 4.24. The van der Waals surface area contributed by atoms with Crippen LogP contribution in [0.3, 0.4) is 0 Å². The molecular weight excluding hydrogens is 388 g/mol. The fourth-order valence-electron chi connectivity index (χ4n) is 4.24. The molecule has 2 bridgehead atoms. The minimum absolute atomic E-state index is 0.0775. The number of ether oxygens (including phenoxy) is 2. The number of aliphatic carboxylic acids is 1. The van der Waals surface area contributed by atoms with Gasteiger partial charge in [0.15, 0.2) is 0 Å². The number of unbranched alkanes of at least 4 members (excludes halogenated alkanes) is 2. The van der Waals surface area contributed by atoms with Gasteiger partial charge >= 0.3 is 12.1 Å². The van der Waals surface area contributed by atoms with Crippen molar-refractivity contribution in [2.45, 2.75) is 76.9 Å². The van der Waals surface area contributed by atoms with E-state index in [-0.39, 0.29) is 37.0 Å². The predicted molar refractivity (Wildman–Crippen MR) is 112 cm³/mol. The van der Waals surface area contributed by atoms with Gasteiger partial charge in [0, 0.05) is 18.9 Å². The first kappa shape index (κ1) is 24.2. The Labute approximate surface area is 178 Å². The summed E-state index contributed by atoms with van der Waals surface area (Å²) in [6.07, 6.45) is 11.4. The second-order valence-corrected chi connectivity index (χ2v) is 8.11. The van der Waals surface area contributed by atoms with Gasteiger partial charge < -0.3 is 25.2 Å². The van der Waals surface area contributed by atoms with Gasteiger partial charge in [-0.25, -0.2) is 4.79 Å². The van der Waals surface area contributed by atoms with E-state index in [2.05, 4.69) is 16.7 Å². The van der Waals surface area contributed by atoms with Crippen molar-refractivity contribution >= 4 is 18.0 Å². The van der Waals surface area contributed by atoms with Crippen molar-refractivity contribution in [3.05, 3.63) is 12.2 Å². The van der Waals surface area contributed by atoms with Crippen molar-refractivity contribution in [2.75, 3.05) is 19.7 Å². The Morgan fingerprint density at radius 2 is 1.80 bits per heavy atom. The number of nitrogens with one attached hydrogen (secondary N) is 2. The van der Waals surface area contributed by atoms with Crippen molar-refractivity contribution in [2.24, 2.45) is 11.8 Å². The molecular formula is C22H36N2O6. The topological polar surface area (TPSA) is 114 Å². The van der Waals surface area contributed by atoms with Crippen molar-refractivity contribution in [3.8, 4) is 0 Å². The van der Waals surface area contributed by atoms with Crippen LogP contribution in [0, 0.1) is 11.8 Å². The van der Waals surface area contributed by atoms with E-state index in [9.17, 15) is 14.4 Å². The molecule has 0 aliphatic carbocycles. The molecule has 0 aromatic rings. The number of amides is 2. The number of alkyl carbamates (subject to hydrolysis) is 1. The first-order valence-electron chi connectivity index (χ1n) is 11.2. The van der Waals surface area contributed by atoms with Gasteiger partial charge in [-0.1, -0.05) is 25.5 Å². The van der Waals surface area contributed by atoms with E-state index in [1.165, 1.54) is 0 Å². The lowest BCUT2D eigenvalue weighted by Crippen LogP contribution is -2.39. The van der Waals surface area contributed by atoms with Gasteiger partial charge in [0.1, 0.15) is 0 Å². The number of allylic oxidation sites excluding steroid dienone is 2. The molecule has 0 saturated carbocycles. The summed E-state index contributed by atoms with van der Waals surface area (Å²) < 4.78 is 11.4. The van der Waals surface area contributed by atoms with Crippen LogP contribution in [0.15, 0.2) is 12.2 Å². The molecule has 2 aliphatic heterocycles. The molecule has 2 saturated heterocycles. The summed E-state index contributed by atoms with van der Waals surface area (Å²) in [4.78, 5) is 34.1. The van der Waals surface area contributed by atoms with E-state index in [0.29, 0.717) is 25.5 Å². The van der Waals surface area contributed by atoms with Crippen LogP contribution in [0.4, 0.5) is 4.79 Å². The highest BCUT2D eigenvalue weighted by Gasteiger charge is 2.48. The van der Waals surface area contributed by atoms with Crippen molar-refractivity contribution in [1.29, 1.82) is 0 Å². The Morgan fingerprint density at radius 3 is 2.53 bits per heavy atom. The Balaban J connectivity index is 1.65. The maximum atomic E-state index is 11.9. The number of fused-ring (bicyclic) bond motifs is 2. The standard InChI is InChI=1S/C22H36N2O6/c1-2-3-13-23-20(25)14-24-22(28)29-15-17-16(18-11-12-19(17)30-18)9-7-5-4-6-8-10-21(26)27/h4-5,16-19H,2-3,6-15H2,1H3,(H,23,25)(H,24,28)(H,26,27)/t16-,17+,18-,19+/m0/s1. The summed E-state index contributed by atoms with van der Waals surface area (Å²) in [5.74, 6) is -0.422. The Morgan fingerprint density at radius 1 is 1.07 bits per heavy atom. The van der Waals surface area contributed by atoms with Gasteiger partial charge in [-0.05, 0) is 50.9 Å². The number of carbonyl (C=O) groups excluding carboxylic acids is 2. The van der Waals surface area contributed by atoms with Crippen LogP contribution in [0.2, 0.25) is 0 Å². The molecule has 0 radical (unpaired) electrons. The number of rotatable bonds is 14. The van der Waals surface area contributed by atoms with Crippen LogP contribution in [0.25, 0.3) is 0 Å². The molecule has 0 aromatic heterocycles. The Kier molecular flexibility index (Phi) is 10.7. The zero-order valence-electron chi connectivity index (χ0n) is 17.9. The third kappa shape index (κ3) is 8.34. The molecule has 0 aromatic carbocycles. The van der Waals surface area contributed by atoms with Crippen LogP contribution in [-0.4, -0.2) is 55.0 Å². The summed E-state index contributed by atoms with van der Waals surface area (Å²) in [7, 11) is 0. The second kappa shape index (κ2) is 13.3. The van der Waals surface area contributed by atoms with E-state index in [4.69, 9.17) is 14.6 Å². The van der Waals surface area contributed by atoms with Gasteiger partial charge in [0.05, 0.1) is 25.4 Å². The van der Waals surface area contributed by atoms with Gasteiger partial charge in [-0.15, -0.1) is 0 Å². The maximum absolute atomic E-state index is 11.9. The number of carbonyl (C=O) groups is 3. The SMILES string of the molecule is CCCCNC(=O)CNC(=O)OC[C@@H]1[C@H](CCC=CCCCC(=O)O)[C@@H]2CC[C@H]1O2. The monoisotopic (exact) mass is 424 g/mol. The number of hydrogen-bond donors (Lipinski definition) is 3. The molecule has 8 nitrogen and oxygen atoms in total. The molecule has 170 valence electrons. The first-order chi connectivity index (χ1) is 14.5. The Hall–Kier alpha value is -2.09. The summed E-state index contributed by atoms with van der Waals surface area (Å²) in [5.41, 5.74) is 0. The first-order valence-corrected chi connectivity index (χ1v) is 11.2. The molecule has 0 spiro atoms. The highest BCUT2D eigenvalue weighted by molar-refractivity contribution is 5.82. The van der Waals surface area contributed by atoms with Crippen LogP contribution in [0.5, 0.6) is 0 Å². The summed E-state index contributed by atoms with van der Waals surface area (Å²) in [5, 5.41) is 13.9. The normalized spacial score (nSPS) is 24.8. The van der Waals surface area contributed by atoms with Crippen molar-refractivity contribution in [1.82, 2.24) is 10.6 Å². The molecule has 2 amide bonds. The third-order valence-electron chi connectivity index (χ3n) is 5.84. The lowest BCUT2D eigenvalue weighted by molar-refractivity contribution is -0.137. The van der Waals surface area contributed by atoms with Gasteiger partial charge in [0.2, 0.25) is 5.91 Å². The molecule has 4 atom stereocenters. The van der Waals surface area contributed by atoms with E-state index < -0.39 is 12.1 Å². The summed E-state index contributed by atoms with van der Waals surface area (Å²) >= 11 is 0. The van der Waals surface area contributed by atoms with Gasteiger partial charge in [-0.2, -0.15) is 0 Å². The van der Waals surface area contributed by atoms with Crippen LogP contribution >= 0.6 is 0 Å². The predicted octanol–water partition coefficient (Wildman–Crippen LogP) is 3.01. The lowest BCUT2D eigenvalue weighted by Gasteiger charge is -2.27. The number of hydrogen-bond acceptors (Lipinski definition) is 5. The molecule has 2 rings (SSSR count). The van der Waals surface area contributed by atoms with E-state index in [0.717, 1.165) is 44.9 Å². The minimum atomic E-state index is -0.758. The van der Waals surface area contributed by atoms with E-state index in [1.807, 2.05) is 13.0 Å². The minimum Gasteiger partial charge on any atom is -0.481 e. The fraction of sp³-hybridized carbons (Fsp3) is 0.773. The summed E-state index contributed by atoms with van der Waals surface area (Å²) in [6.45, 7) is 2.89. The highest BCUT2D eigenvalue weighted by Crippen LogP contribution is 2.45. The number of carboxylic acids is 1. The molecule has 2 heterocycles. The van der Waals surface area contributed by atoms with Gasteiger partial charge in [0.25, 0.3) is 0 Å². The Bertz CT molecular complexity index is 594. The molecule has 8 heteroatoms. The smallest absolute Gasteiger partial charge is 0.407 e. The zero-order chi connectivity index (χ0) is 21.8. The quantitative estimate of drug-likeness (QED) is 0.292. The van der Waals surface area contributed by atoms with Crippen LogP contribution < -0.4 is 10.6 Å². The molecule has 2 aliphatic rings. The number of carboxylic acid groups (broad SMARTS) is 1. The average Bonchev–Trinajstić information content (AvgIpc) is 3.31. The van der Waals surface area contributed by atoms with E-state index in [1.54, 1.807) is 0 Å². The van der Waals surface area contributed by atoms with Crippen LogP contribution in [0.1, 0.15) is 64.7 Å². The van der Waals surface area contributed by atoms with Gasteiger partial charge in [-0.3, -0.25) is 9.59 Å². The maximum Gasteiger partial charge on any atom is 0.407 e. The average molecular weight is 425 g/mol.